The summed E-state index contributed by atoms with van der Waals surface area (Å²) in [5.41, 5.74) is 8.92. The third-order valence-electron chi connectivity index (χ3n) is 2.42. The van der Waals surface area contributed by atoms with Crippen LogP contribution in [-0.4, -0.2) is 4.98 Å². The number of rotatable bonds is 3. The van der Waals surface area contributed by atoms with E-state index in [0.717, 1.165) is 24.2 Å². The summed E-state index contributed by atoms with van der Waals surface area (Å²) in [6.07, 6.45) is 3.68. The van der Waals surface area contributed by atoms with Gasteiger partial charge in [0.1, 0.15) is 0 Å². The number of aromatic nitrogens is 1. The van der Waals surface area contributed by atoms with E-state index < -0.39 is 0 Å². The Morgan fingerprint density at radius 1 is 0.933 bits per heavy atom. The van der Waals surface area contributed by atoms with Gasteiger partial charge in [-0.05, 0) is 30.5 Å². The molecule has 0 bridgehead atoms. The summed E-state index contributed by atoms with van der Waals surface area (Å²) in [7, 11) is 0. The minimum atomic E-state index is 0.786. The van der Waals surface area contributed by atoms with Crippen LogP contribution in [0, 0.1) is 0 Å². The number of nitrogens with two attached hydrogens (primary N) is 1. The number of anilines is 1. The Labute approximate surface area is 89.8 Å². The van der Waals surface area contributed by atoms with Crippen molar-refractivity contribution in [3.05, 3.63) is 59.9 Å². The molecule has 0 spiro atoms. The van der Waals surface area contributed by atoms with Crippen LogP contribution in [0.3, 0.4) is 0 Å². The highest BCUT2D eigenvalue weighted by Crippen LogP contribution is 2.10. The van der Waals surface area contributed by atoms with Crippen molar-refractivity contribution in [2.24, 2.45) is 0 Å². The zero-order chi connectivity index (χ0) is 10.5. The van der Waals surface area contributed by atoms with Gasteiger partial charge >= 0.3 is 0 Å². The second kappa shape index (κ2) is 4.60. The second-order valence-electron chi connectivity index (χ2n) is 3.52. The number of pyridine rings is 1. The predicted octanol–water partition coefficient (Wildman–Crippen LogP) is 2.45. The van der Waals surface area contributed by atoms with Gasteiger partial charge in [-0.15, -0.1) is 0 Å². The molecule has 1 aromatic heterocycles. The van der Waals surface area contributed by atoms with Crippen LogP contribution in [0.1, 0.15) is 11.3 Å². The average molecular weight is 198 g/mol. The predicted molar refractivity (Wildman–Crippen MR) is 62.5 cm³/mol. The Balaban J connectivity index is 2.03. The van der Waals surface area contributed by atoms with E-state index in [4.69, 9.17) is 5.73 Å². The Morgan fingerprint density at radius 2 is 1.73 bits per heavy atom. The number of nitrogen functional groups attached to an aromatic ring is 1. The molecule has 2 rings (SSSR count). The van der Waals surface area contributed by atoms with Crippen molar-refractivity contribution < 1.29 is 0 Å². The largest absolute Gasteiger partial charge is 0.397 e. The lowest BCUT2D eigenvalue weighted by Crippen LogP contribution is -1.99. The van der Waals surface area contributed by atoms with E-state index in [1.165, 1.54) is 5.56 Å². The maximum Gasteiger partial charge on any atom is 0.0635 e. The van der Waals surface area contributed by atoms with Gasteiger partial charge in [0, 0.05) is 6.20 Å². The van der Waals surface area contributed by atoms with Crippen LogP contribution < -0.4 is 5.73 Å². The summed E-state index contributed by atoms with van der Waals surface area (Å²) < 4.78 is 0. The van der Waals surface area contributed by atoms with Gasteiger partial charge in [-0.25, -0.2) is 0 Å². The second-order valence-corrected chi connectivity index (χ2v) is 3.52. The van der Waals surface area contributed by atoms with Crippen molar-refractivity contribution in [1.82, 2.24) is 4.98 Å². The third-order valence-corrected chi connectivity index (χ3v) is 2.42. The third kappa shape index (κ3) is 2.56. The first kappa shape index (κ1) is 9.71. The molecule has 0 amide bonds. The first-order chi connectivity index (χ1) is 7.36. The Bertz CT molecular complexity index is 424. The first-order valence-corrected chi connectivity index (χ1v) is 5.09. The van der Waals surface area contributed by atoms with Gasteiger partial charge in [0.15, 0.2) is 0 Å². The number of hydrogen-bond donors (Lipinski definition) is 1. The molecule has 2 heteroatoms. The molecule has 0 unspecified atom stereocenters. The summed E-state index contributed by atoms with van der Waals surface area (Å²) in [6.45, 7) is 0. The molecule has 76 valence electrons. The van der Waals surface area contributed by atoms with Gasteiger partial charge < -0.3 is 5.73 Å². The van der Waals surface area contributed by atoms with Gasteiger partial charge in [-0.2, -0.15) is 0 Å². The van der Waals surface area contributed by atoms with Crippen LogP contribution in [0.5, 0.6) is 0 Å². The van der Waals surface area contributed by atoms with E-state index in [9.17, 15) is 0 Å². The smallest absolute Gasteiger partial charge is 0.0635 e. The van der Waals surface area contributed by atoms with E-state index in [1.807, 2.05) is 18.2 Å². The Kier molecular flexibility index (Phi) is 2.98. The Morgan fingerprint density at radius 3 is 2.47 bits per heavy atom. The molecule has 2 aromatic rings. The summed E-state index contributed by atoms with van der Waals surface area (Å²) >= 11 is 0. The number of hydrogen-bond acceptors (Lipinski definition) is 2. The average Bonchev–Trinajstić information content (AvgIpc) is 2.29. The van der Waals surface area contributed by atoms with E-state index in [0.29, 0.717) is 0 Å². The number of benzene rings is 1. The van der Waals surface area contributed by atoms with E-state index in [1.54, 1.807) is 6.20 Å². The van der Waals surface area contributed by atoms with Crippen LogP contribution in [0.2, 0.25) is 0 Å². The molecule has 0 aliphatic heterocycles. The quantitative estimate of drug-likeness (QED) is 0.822. The molecule has 0 saturated heterocycles. The molecule has 0 atom stereocenters. The summed E-state index contributed by atoms with van der Waals surface area (Å²) in [5, 5.41) is 0. The lowest BCUT2D eigenvalue weighted by molar-refractivity contribution is 0.917. The van der Waals surface area contributed by atoms with Crippen molar-refractivity contribution in [2.45, 2.75) is 12.8 Å². The molecule has 15 heavy (non-hydrogen) atoms. The van der Waals surface area contributed by atoms with Crippen LogP contribution in [0.4, 0.5) is 5.69 Å². The van der Waals surface area contributed by atoms with Crippen molar-refractivity contribution >= 4 is 5.69 Å². The molecule has 0 saturated carbocycles. The van der Waals surface area contributed by atoms with Crippen molar-refractivity contribution in [3.8, 4) is 0 Å². The molecule has 2 N–H and O–H groups in total. The molecular weight excluding hydrogens is 184 g/mol. The topological polar surface area (TPSA) is 38.9 Å². The lowest BCUT2D eigenvalue weighted by Gasteiger charge is -2.03. The normalized spacial score (nSPS) is 10.1. The highest BCUT2D eigenvalue weighted by atomic mass is 14.7. The highest BCUT2D eigenvalue weighted by molar-refractivity contribution is 5.42. The summed E-state index contributed by atoms with van der Waals surface area (Å²) in [5.74, 6) is 0. The fourth-order valence-corrected chi connectivity index (χ4v) is 1.57. The molecule has 0 fully saturated rings. The van der Waals surface area contributed by atoms with Crippen molar-refractivity contribution in [2.75, 3.05) is 5.73 Å². The zero-order valence-corrected chi connectivity index (χ0v) is 8.56. The molecule has 0 radical (unpaired) electrons. The van der Waals surface area contributed by atoms with Gasteiger partial charge in [0.25, 0.3) is 0 Å². The standard InChI is InChI=1S/C13H14N2/c14-12-7-4-10-15-13(12)9-8-11-5-2-1-3-6-11/h1-7,10H,8-9,14H2. The number of aryl methyl sites for hydroxylation is 2. The summed E-state index contributed by atoms with van der Waals surface area (Å²) in [4.78, 5) is 4.27. The first-order valence-electron chi connectivity index (χ1n) is 5.09. The van der Waals surface area contributed by atoms with Gasteiger partial charge in [-0.3, -0.25) is 4.98 Å². The SMILES string of the molecule is Nc1cccnc1CCc1ccccc1. The minimum Gasteiger partial charge on any atom is -0.397 e. The van der Waals surface area contributed by atoms with E-state index in [-0.39, 0.29) is 0 Å². The van der Waals surface area contributed by atoms with Crippen molar-refractivity contribution in [3.63, 3.8) is 0 Å². The van der Waals surface area contributed by atoms with Crippen LogP contribution >= 0.6 is 0 Å². The van der Waals surface area contributed by atoms with Crippen LogP contribution in [0.25, 0.3) is 0 Å². The fraction of sp³-hybridized carbons (Fsp3) is 0.154. The van der Waals surface area contributed by atoms with E-state index >= 15 is 0 Å². The zero-order valence-electron chi connectivity index (χ0n) is 8.56. The highest BCUT2D eigenvalue weighted by Gasteiger charge is 1.99. The van der Waals surface area contributed by atoms with Crippen LogP contribution in [-0.2, 0) is 12.8 Å². The van der Waals surface area contributed by atoms with Gasteiger partial charge in [0.05, 0.1) is 11.4 Å². The summed E-state index contributed by atoms with van der Waals surface area (Å²) in [6, 6.07) is 14.1. The van der Waals surface area contributed by atoms with E-state index in [2.05, 4.69) is 29.2 Å². The van der Waals surface area contributed by atoms with Crippen molar-refractivity contribution in [1.29, 1.82) is 0 Å². The molecule has 0 aliphatic rings. The monoisotopic (exact) mass is 198 g/mol. The number of nitrogens with zero attached hydrogens (tertiary/aromatic N) is 1. The fourth-order valence-electron chi connectivity index (χ4n) is 1.57. The lowest BCUT2D eigenvalue weighted by atomic mass is 10.1. The maximum absolute atomic E-state index is 5.82. The molecule has 0 aliphatic carbocycles. The Hall–Kier alpha value is -1.83. The molecule has 1 heterocycles. The molecule has 1 aromatic carbocycles. The van der Waals surface area contributed by atoms with Gasteiger partial charge in [0.2, 0.25) is 0 Å². The molecule has 2 nitrogen and oxygen atoms in total. The maximum atomic E-state index is 5.82. The molecular formula is C13H14N2. The van der Waals surface area contributed by atoms with Crippen LogP contribution in [0.15, 0.2) is 48.7 Å². The minimum absolute atomic E-state index is 0.786. The van der Waals surface area contributed by atoms with Gasteiger partial charge in [-0.1, -0.05) is 30.3 Å².